The third kappa shape index (κ3) is 2.86. The molecule has 4 rings (SSSR count). The van der Waals surface area contributed by atoms with E-state index < -0.39 is 0 Å². The van der Waals surface area contributed by atoms with Crippen LogP contribution in [0.25, 0.3) is 10.2 Å². The molecule has 1 aromatic carbocycles. The third-order valence-electron chi connectivity index (χ3n) is 5.56. The number of aryl methyl sites for hydroxylation is 5. The molecule has 0 spiro atoms. The predicted molar refractivity (Wildman–Crippen MR) is 111 cm³/mol. The standard InChI is InChI=1S/C22H26N2OS/c1-4-15-10-8-9-13(2)19(15)24-22(25)18-14(3)26-21-16-11-6-5-7-12-17(16)23-20(18)21/h8-10,23H,4-7,11-12H2,1-3H3,(H,24,25). The second-order valence-corrected chi connectivity index (χ2v) is 8.52. The molecule has 4 heteroatoms. The SMILES string of the molecule is CCc1cccc(C)c1NC(=O)c1c(C)sc2c3c([nH]c12)CCCCC3. The van der Waals surface area contributed by atoms with E-state index >= 15 is 0 Å². The summed E-state index contributed by atoms with van der Waals surface area (Å²) in [5.74, 6) is 0.00848. The summed E-state index contributed by atoms with van der Waals surface area (Å²) in [6.07, 6.45) is 6.94. The minimum absolute atomic E-state index is 0.00848. The molecule has 0 saturated carbocycles. The van der Waals surface area contributed by atoms with Crippen LogP contribution in [0.3, 0.4) is 0 Å². The first-order valence-electron chi connectivity index (χ1n) is 9.62. The number of aromatic amines is 1. The van der Waals surface area contributed by atoms with Crippen molar-refractivity contribution >= 4 is 33.1 Å². The smallest absolute Gasteiger partial charge is 0.258 e. The van der Waals surface area contributed by atoms with Crippen molar-refractivity contribution in [1.82, 2.24) is 4.98 Å². The Hall–Kier alpha value is -2.07. The molecule has 3 aromatic rings. The first kappa shape index (κ1) is 17.3. The maximum absolute atomic E-state index is 13.2. The van der Waals surface area contributed by atoms with Gasteiger partial charge in [0.15, 0.2) is 0 Å². The summed E-state index contributed by atoms with van der Waals surface area (Å²) < 4.78 is 1.30. The Morgan fingerprint density at radius 2 is 2.00 bits per heavy atom. The van der Waals surface area contributed by atoms with Gasteiger partial charge in [-0.3, -0.25) is 4.79 Å². The van der Waals surface area contributed by atoms with Crippen LogP contribution in [0.15, 0.2) is 18.2 Å². The number of para-hydroxylation sites is 1. The van der Waals surface area contributed by atoms with E-state index in [1.807, 2.05) is 0 Å². The number of nitrogens with one attached hydrogen (secondary N) is 2. The van der Waals surface area contributed by atoms with Gasteiger partial charge in [0, 0.05) is 16.3 Å². The molecule has 2 N–H and O–H groups in total. The molecule has 0 atom stereocenters. The van der Waals surface area contributed by atoms with Gasteiger partial charge in [-0.05, 0) is 62.6 Å². The van der Waals surface area contributed by atoms with Gasteiger partial charge in [-0.15, -0.1) is 11.3 Å². The van der Waals surface area contributed by atoms with Gasteiger partial charge >= 0.3 is 0 Å². The van der Waals surface area contributed by atoms with Crippen molar-refractivity contribution in [1.29, 1.82) is 0 Å². The number of anilines is 1. The van der Waals surface area contributed by atoms with Crippen LogP contribution in [0.1, 0.15) is 63.8 Å². The van der Waals surface area contributed by atoms with Crippen LogP contribution in [0, 0.1) is 13.8 Å². The molecule has 2 aromatic heterocycles. The first-order valence-corrected chi connectivity index (χ1v) is 10.4. The largest absolute Gasteiger partial charge is 0.357 e. The normalized spacial score (nSPS) is 14.3. The summed E-state index contributed by atoms with van der Waals surface area (Å²) in [5.41, 5.74) is 7.94. The average molecular weight is 367 g/mol. The average Bonchev–Trinajstić information content (AvgIpc) is 3.00. The maximum Gasteiger partial charge on any atom is 0.258 e. The van der Waals surface area contributed by atoms with Gasteiger partial charge in [-0.2, -0.15) is 0 Å². The van der Waals surface area contributed by atoms with Crippen LogP contribution in [-0.2, 0) is 19.3 Å². The molecule has 26 heavy (non-hydrogen) atoms. The van der Waals surface area contributed by atoms with Gasteiger partial charge in [-0.25, -0.2) is 0 Å². The number of hydrogen-bond acceptors (Lipinski definition) is 2. The lowest BCUT2D eigenvalue weighted by Gasteiger charge is -2.13. The number of thiophene rings is 1. The number of rotatable bonds is 3. The molecule has 0 saturated heterocycles. The molecular formula is C22H26N2OS. The number of amides is 1. The lowest BCUT2D eigenvalue weighted by molar-refractivity contribution is 0.102. The van der Waals surface area contributed by atoms with Crippen molar-refractivity contribution in [3.8, 4) is 0 Å². The fourth-order valence-electron chi connectivity index (χ4n) is 4.15. The summed E-state index contributed by atoms with van der Waals surface area (Å²) in [5, 5.41) is 3.21. The summed E-state index contributed by atoms with van der Waals surface area (Å²) >= 11 is 1.77. The van der Waals surface area contributed by atoms with E-state index in [9.17, 15) is 4.79 Å². The zero-order valence-corrected chi connectivity index (χ0v) is 16.6. The van der Waals surface area contributed by atoms with E-state index in [1.165, 1.54) is 40.8 Å². The van der Waals surface area contributed by atoms with Crippen LogP contribution in [0.4, 0.5) is 5.69 Å². The van der Waals surface area contributed by atoms with Gasteiger partial charge in [0.2, 0.25) is 0 Å². The molecule has 1 amide bonds. The summed E-state index contributed by atoms with van der Waals surface area (Å²) in [6, 6.07) is 6.21. The summed E-state index contributed by atoms with van der Waals surface area (Å²) in [6.45, 7) is 6.25. The predicted octanol–water partition coefficient (Wildman–Crippen LogP) is 5.93. The number of fused-ring (bicyclic) bond motifs is 3. The Bertz CT molecular complexity index is 980. The first-order chi connectivity index (χ1) is 12.6. The molecule has 1 aliphatic rings. The van der Waals surface area contributed by atoms with Gasteiger partial charge in [0.1, 0.15) is 0 Å². The highest BCUT2D eigenvalue weighted by molar-refractivity contribution is 7.19. The molecule has 0 bridgehead atoms. The number of carbonyl (C=O) groups excluding carboxylic acids is 1. The van der Waals surface area contributed by atoms with E-state index in [-0.39, 0.29) is 5.91 Å². The number of hydrogen-bond donors (Lipinski definition) is 2. The van der Waals surface area contributed by atoms with E-state index in [0.717, 1.165) is 46.5 Å². The van der Waals surface area contributed by atoms with Crippen LogP contribution in [-0.4, -0.2) is 10.9 Å². The molecule has 0 aliphatic heterocycles. The number of carbonyl (C=O) groups is 1. The highest BCUT2D eigenvalue weighted by Gasteiger charge is 2.24. The van der Waals surface area contributed by atoms with Crippen molar-refractivity contribution in [2.24, 2.45) is 0 Å². The Morgan fingerprint density at radius 3 is 2.81 bits per heavy atom. The highest BCUT2D eigenvalue weighted by atomic mass is 32.1. The van der Waals surface area contributed by atoms with Crippen molar-refractivity contribution in [3.63, 3.8) is 0 Å². The van der Waals surface area contributed by atoms with Crippen molar-refractivity contribution in [2.75, 3.05) is 5.32 Å². The fraction of sp³-hybridized carbons (Fsp3) is 0.409. The van der Waals surface area contributed by atoms with Crippen molar-refractivity contribution < 1.29 is 4.79 Å². The van der Waals surface area contributed by atoms with Crippen LogP contribution in [0.5, 0.6) is 0 Å². The second kappa shape index (κ2) is 6.92. The molecule has 0 radical (unpaired) electrons. The fourth-order valence-corrected chi connectivity index (χ4v) is 5.36. The Labute approximate surface area is 158 Å². The minimum Gasteiger partial charge on any atom is -0.357 e. The molecule has 3 nitrogen and oxygen atoms in total. The lowest BCUT2D eigenvalue weighted by Crippen LogP contribution is -2.15. The molecule has 0 fully saturated rings. The van der Waals surface area contributed by atoms with E-state index in [2.05, 4.69) is 49.3 Å². The Kier molecular flexibility index (Phi) is 4.62. The monoisotopic (exact) mass is 366 g/mol. The molecule has 0 unspecified atom stereocenters. The number of aromatic nitrogens is 1. The van der Waals surface area contributed by atoms with Crippen molar-refractivity contribution in [3.05, 3.63) is 51.0 Å². The van der Waals surface area contributed by atoms with E-state index in [0.29, 0.717) is 0 Å². The second-order valence-electron chi connectivity index (χ2n) is 7.30. The highest BCUT2D eigenvalue weighted by Crippen LogP contribution is 2.38. The van der Waals surface area contributed by atoms with Gasteiger partial charge in [0.05, 0.1) is 15.8 Å². The summed E-state index contributed by atoms with van der Waals surface area (Å²) in [4.78, 5) is 17.9. The molecule has 136 valence electrons. The Morgan fingerprint density at radius 1 is 1.19 bits per heavy atom. The third-order valence-corrected chi connectivity index (χ3v) is 6.72. The summed E-state index contributed by atoms with van der Waals surface area (Å²) in [7, 11) is 0. The van der Waals surface area contributed by atoms with Gasteiger partial charge < -0.3 is 10.3 Å². The van der Waals surface area contributed by atoms with Crippen LogP contribution >= 0.6 is 11.3 Å². The molecule has 2 heterocycles. The maximum atomic E-state index is 13.2. The molecule has 1 aliphatic carbocycles. The topological polar surface area (TPSA) is 44.9 Å². The number of benzene rings is 1. The minimum atomic E-state index is 0.00848. The molecular weight excluding hydrogens is 340 g/mol. The van der Waals surface area contributed by atoms with Gasteiger partial charge in [0.25, 0.3) is 5.91 Å². The quantitative estimate of drug-likeness (QED) is 0.554. The zero-order chi connectivity index (χ0) is 18.3. The van der Waals surface area contributed by atoms with Crippen LogP contribution < -0.4 is 5.32 Å². The van der Waals surface area contributed by atoms with Gasteiger partial charge in [-0.1, -0.05) is 31.5 Å². The van der Waals surface area contributed by atoms with E-state index in [1.54, 1.807) is 11.3 Å². The van der Waals surface area contributed by atoms with Crippen molar-refractivity contribution in [2.45, 2.75) is 59.3 Å². The lowest BCUT2D eigenvalue weighted by atomic mass is 10.1. The Balaban J connectivity index is 1.75. The van der Waals surface area contributed by atoms with Crippen LogP contribution in [0.2, 0.25) is 0 Å². The zero-order valence-electron chi connectivity index (χ0n) is 15.8. The number of H-pyrrole nitrogens is 1. The van der Waals surface area contributed by atoms with E-state index in [4.69, 9.17) is 0 Å².